The zero-order chi connectivity index (χ0) is 9.40. The monoisotopic (exact) mass is 256 g/mol. The van der Waals surface area contributed by atoms with Crippen LogP contribution in [0.25, 0.3) is 0 Å². The third kappa shape index (κ3) is 5.91. The predicted molar refractivity (Wildman–Crippen MR) is 47.4 cm³/mol. The minimum absolute atomic E-state index is 0. The third-order valence-electron chi connectivity index (χ3n) is 1.12. The molecule has 0 aromatic heterocycles. The number of carbonyl (C=O) groups excluding carboxylic acids is 1. The van der Waals surface area contributed by atoms with Crippen LogP contribution in [0.3, 0.4) is 0 Å². The van der Waals surface area contributed by atoms with Crippen LogP contribution in [0.4, 0.5) is 0 Å². The molecule has 13 heavy (non-hydrogen) atoms. The van der Waals surface area contributed by atoms with Gasteiger partial charge in [0.05, 0.1) is 5.56 Å². The number of hydrogen-bond acceptors (Lipinski definition) is 3. The Morgan fingerprint density at radius 1 is 1.23 bits per heavy atom. The minimum Gasteiger partial charge on any atom is -0.370 e. The van der Waals surface area contributed by atoms with Crippen LogP contribution in [0.15, 0.2) is 30.3 Å². The van der Waals surface area contributed by atoms with E-state index >= 15 is 0 Å². The maximum atomic E-state index is 10.7. The van der Waals surface area contributed by atoms with Crippen molar-refractivity contribution in [1.29, 1.82) is 0 Å². The molecule has 2 N–H and O–H groups in total. The van der Waals surface area contributed by atoms with Crippen LogP contribution in [0.1, 0.15) is 24.2 Å². The van der Waals surface area contributed by atoms with E-state index in [1.807, 2.05) is 19.9 Å². The molecular weight excluding hydrogens is 243 g/mol. The molecule has 0 saturated carbocycles. The first kappa shape index (κ1) is 15.2. The fourth-order valence-corrected chi connectivity index (χ4v) is 0.642. The topological polar surface area (TPSA) is 52.3 Å². The van der Waals surface area contributed by atoms with Crippen LogP contribution < -0.4 is 5.90 Å². The summed E-state index contributed by atoms with van der Waals surface area (Å²) in [6.45, 7) is 4.00. The summed E-state index contributed by atoms with van der Waals surface area (Å²) in [6.07, 6.45) is 0. The van der Waals surface area contributed by atoms with Crippen molar-refractivity contribution in [2.45, 2.75) is 13.8 Å². The van der Waals surface area contributed by atoms with E-state index in [1.54, 1.807) is 24.3 Å². The molecule has 0 saturated heterocycles. The van der Waals surface area contributed by atoms with Crippen LogP contribution in [0.5, 0.6) is 0 Å². The van der Waals surface area contributed by atoms with E-state index in [-0.39, 0.29) is 32.7 Å². The van der Waals surface area contributed by atoms with Gasteiger partial charge in [-0.25, -0.2) is 4.79 Å². The van der Waals surface area contributed by atoms with Crippen LogP contribution in [-0.4, -0.2) is 5.97 Å². The van der Waals surface area contributed by atoms with Gasteiger partial charge in [0.1, 0.15) is 0 Å². The summed E-state index contributed by atoms with van der Waals surface area (Å²) >= 11 is 0. The average Bonchev–Trinajstić information content (AvgIpc) is 2.21. The molecule has 0 aliphatic rings. The van der Waals surface area contributed by atoms with Gasteiger partial charge >= 0.3 is 5.97 Å². The maximum absolute atomic E-state index is 10.7. The average molecular weight is 256 g/mol. The number of benzene rings is 1. The standard InChI is InChI=1S/C7H7NO2.C2H6.Y/c8-10-7(9)6-4-2-1-3-5-6;1-2;/h1-5H,8H2;1-2H3;. The van der Waals surface area contributed by atoms with E-state index in [4.69, 9.17) is 0 Å². The zero-order valence-corrected chi connectivity index (χ0v) is 10.7. The van der Waals surface area contributed by atoms with Gasteiger partial charge in [0, 0.05) is 32.7 Å². The minimum atomic E-state index is -0.513. The predicted octanol–water partition coefficient (Wildman–Crippen LogP) is 1.74. The van der Waals surface area contributed by atoms with Gasteiger partial charge in [-0.3, -0.25) is 0 Å². The summed E-state index contributed by atoms with van der Waals surface area (Å²) in [7, 11) is 0. The molecule has 1 radical (unpaired) electrons. The quantitative estimate of drug-likeness (QED) is 0.778. The van der Waals surface area contributed by atoms with Gasteiger partial charge in [0.15, 0.2) is 0 Å². The van der Waals surface area contributed by atoms with E-state index in [1.165, 1.54) is 0 Å². The third-order valence-corrected chi connectivity index (χ3v) is 1.12. The normalized spacial score (nSPS) is 7.31. The first-order valence-corrected chi connectivity index (χ1v) is 3.80. The van der Waals surface area contributed by atoms with Crippen molar-refractivity contribution in [3.05, 3.63) is 35.9 Å². The molecule has 0 bridgehead atoms. The Kier molecular flexibility index (Phi) is 11.5. The molecule has 69 valence electrons. The first-order chi connectivity index (χ1) is 5.84. The van der Waals surface area contributed by atoms with Crippen molar-refractivity contribution in [1.82, 2.24) is 0 Å². The maximum Gasteiger partial charge on any atom is 0.356 e. The largest absolute Gasteiger partial charge is 0.370 e. The summed E-state index contributed by atoms with van der Waals surface area (Å²) in [5, 5.41) is 0. The number of hydrogen-bond donors (Lipinski definition) is 1. The van der Waals surface area contributed by atoms with Gasteiger partial charge in [-0.2, -0.15) is 5.90 Å². The molecule has 0 heterocycles. The molecule has 0 aliphatic heterocycles. The molecule has 1 aromatic carbocycles. The van der Waals surface area contributed by atoms with Crippen molar-refractivity contribution in [2.24, 2.45) is 5.90 Å². The Balaban J connectivity index is 0. The molecule has 0 unspecified atom stereocenters. The molecule has 0 spiro atoms. The van der Waals surface area contributed by atoms with Gasteiger partial charge in [-0.05, 0) is 12.1 Å². The number of rotatable bonds is 1. The molecule has 0 atom stereocenters. The molecule has 3 nitrogen and oxygen atoms in total. The second-order valence-corrected chi connectivity index (χ2v) is 1.77. The smallest absolute Gasteiger partial charge is 0.356 e. The Morgan fingerprint density at radius 3 is 2.08 bits per heavy atom. The van der Waals surface area contributed by atoms with Crippen molar-refractivity contribution in [3.63, 3.8) is 0 Å². The number of nitrogens with two attached hydrogens (primary N) is 1. The molecule has 4 heteroatoms. The van der Waals surface area contributed by atoms with E-state index < -0.39 is 5.97 Å². The SMILES string of the molecule is CC.NOC(=O)c1ccccc1.[Y]. The molecule has 0 fully saturated rings. The zero-order valence-electron chi connectivity index (χ0n) is 7.86. The van der Waals surface area contributed by atoms with Crippen molar-refractivity contribution in [2.75, 3.05) is 0 Å². The molecule has 1 rings (SSSR count). The summed E-state index contributed by atoms with van der Waals surface area (Å²) in [5.74, 6) is 4.14. The van der Waals surface area contributed by atoms with Gasteiger partial charge in [0.2, 0.25) is 0 Å². The van der Waals surface area contributed by atoms with Gasteiger partial charge in [-0.15, -0.1) is 0 Å². The first-order valence-electron chi connectivity index (χ1n) is 3.80. The Bertz CT molecular complexity index is 226. The number of carbonyl (C=O) groups is 1. The van der Waals surface area contributed by atoms with Crippen LogP contribution in [0.2, 0.25) is 0 Å². The summed E-state index contributed by atoms with van der Waals surface area (Å²) < 4.78 is 0. The van der Waals surface area contributed by atoms with Gasteiger partial charge < -0.3 is 4.84 Å². The molecular formula is C9H13NO2Y. The van der Waals surface area contributed by atoms with Crippen molar-refractivity contribution in [3.8, 4) is 0 Å². The van der Waals surface area contributed by atoms with E-state index in [0.717, 1.165) is 0 Å². The van der Waals surface area contributed by atoms with E-state index in [2.05, 4.69) is 10.7 Å². The van der Waals surface area contributed by atoms with Crippen LogP contribution in [0, 0.1) is 0 Å². The second kappa shape index (κ2) is 9.84. The summed E-state index contributed by atoms with van der Waals surface area (Å²) in [6, 6.07) is 8.57. The molecule has 0 aliphatic carbocycles. The van der Waals surface area contributed by atoms with E-state index in [0.29, 0.717) is 5.56 Å². The van der Waals surface area contributed by atoms with E-state index in [9.17, 15) is 4.79 Å². The molecule has 1 aromatic rings. The van der Waals surface area contributed by atoms with Gasteiger partial charge in [0.25, 0.3) is 0 Å². The van der Waals surface area contributed by atoms with Crippen LogP contribution >= 0.6 is 0 Å². The van der Waals surface area contributed by atoms with Gasteiger partial charge in [-0.1, -0.05) is 32.0 Å². The summed E-state index contributed by atoms with van der Waals surface area (Å²) in [5.41, 5.74) is 0.463. The fourth-order valence-electron chi connectivity index (χ4n) is 0.642. The van der Waals surface area contributed by atoms with Crippen LogP contribution in [-0.2, 0) is 37.5 Å². The Labute approximate surface area is 103 Å². The van der Waals surface area contributed by atoms with Crippen molar-refractivity contribution >= 4 is 5.97 Å². The van der Waals surface area contributed by atoms with Crippen molar-refractivity contribution < 1.29 is 42.3 Å². The Hall–Kier alpha value is -0.246. The second-order valence-electron chi connectivity index (χ2n) is 1.77. The summed E-state index contributed by atoms with van der Waals surface area (Å²) in [4.78, 5) is 14.7. The fraction of sp³-hybridized carbons (Fsp3) is 0.222. The molecule has 0 amide bonds. The Morgan fingerprint density at radius 2 is 1.69 bits per heavy atom.